The molecule has 0 bridgehead atoms. The molecule has 11 heteroatoms. The number of benzene rings is 2. The van der Waals surface area contributed by atoms with Crippen LogP contribution in [0.3, 0.4) is 0 Å². The molecule has 2 heterocycles. The summed E-state index contributed by atoms with van der Waals surface area (Å²) in [7, 11) is 0. The smallest absolute Gasteiger partial charge is 0.258 e. The van der Waals surface area contributed by atoms with Crippen molar-refractivity contribution in [2.24, 2.45) is 0 Å². The topological polar surface area (TPSA) is 116 Å². The second-order valence-corrected chi connectivity index (χ2v) is 8.43. The number of halogens is 3. The number of aromatic amines is 1. The molecule has 0 radical (unpaired) electrons. The Morgan fingerprint density at radius 1 is 1.09 bits per heavy atom. The van der Waals surface area contributed by atoms with Crippen molar-refractivity contribution in [2.45, 2.75) is 19.3 Å². The van der Waals surface area contributed by atoms with Crippen LogP contribution >= 0.6 is 34.8 Å². The van der Waals surface area contributed by atoms with Crippen LogP contribution in [0.15, 0.2) is 41.2 Å². The van der Waals surface area contributed by atoms with Crippen molar-refractivity contribution in [2.75, 3.05) is 16.0 Å². The molecular weight excluding hydrogens is 477 g/mol. The first-order chi connectivity index (χ1) is 15.2. The molecule has 164 valence electrons. The minimum atomic E-state index is -1.02. The number of nitrogens with one attached hydrogen (secondary N) is 4. The van der Waals surface area contributed by atoms with Crippen molar-refractivity contribution in [3.63, 3.8) is 0 Å². The van der Waals surface area contributed by atoms with Gasteiger partial charge in [-0.15, -0.1) is 0 Å². The van der Waals surface area contributed by atoms with E-state index in [1.165, 1.54) is 6.07 Å². The van der Waals surface area contributed by atoms with Crippen LogP contribution < -0.4 is 21.5 Å². The molecule has 32 heavy (non-hydrogen) atoms. The fourth-order valence-corrected chi connectivity index (χ4v) is 3.91. The summed E-state index contributed by atoms with van der Waals surface area (Å²) in [6.45, 7) is 1.84. The summed E-state index contributed by atoms with van der Waals surface area (Å²) >= 11 is 18.2. The van der Waals surface area contributed by atoms with Gasteiger partial charge in [0.1, 0.15) is 5.82 Å². The monoisotopic (exact) mass is 491 g/mol. The minimum Gasteiger partial charge on any atom is -0.325 e. The van der Waals surface area contributed by atoms with Gasteiger partial charge in [-0.3, -0.25) is 19.4 Å². The molecule has 4 N–H and O–H groups in total. The van der Waals surface area contributed by atoms with Crippen LogP contribution in [0.1, 0.15) is 23.5 Å². The van der Waals surface area contributed by atoms with Crippen LogP contribution in [0, 0.1) is 6.92 Å². The fourth-order valence-electron chi connectivity index (χ4n) is 3.27. The van der Waals surface area contributed by atoms with Gasteiger partial charge in [0.15, 0.2) is 0 Å². The predicted octanol–water partition coefficient (Wildman–Crippen LogP) is 4.85. The average Bonchev–Trinajstić information content (AvgIpc) is 2.72. The number of anilines is 4. The third kappa shape index (κ3) is 4.57. The van der Waals surface area contributed by atoms with Crippen molar-refractivity contribution in [1.82, 2.24) is 9.97 Å². The highest BCUT2D eigenvalue weighted by Crippen LogP contribution is 2.32. The number of amides is 2. The molecule has 2 aromatic carbocycles. The Kier molecular flexibility index (Phi) is 6.10. The first-order valence-electron chi connectivity index (χ1n) is 9.44. The Balaban J connectivity index is 1.64. The van der Waals surface area contributed by atoms with E-state index in [2.05, 4.69) is 25.9 Å². The number of hydrogen-bond acceptors (Lipinski definition) is 5. The molecule has 3 aromatic rings. The van der Waals surface area contributed by atoms with Gasteiger partial charge in [0.25, 0.3) is 5.56 Å². The Bertz CT molecular complexity index is 1310. The molecule has 0 spiro atoms. The largest absolute Gasteiger partial charge is 0.325 e. The van der Waals surface area contributed by atoms with Crippen LogP contribution in [-0.2, 0) is 9.59 Å². The second-order valence-electron chi connectivity index (χ2n) is 7.18. The maximum absolute atomic E-state index is 12.9. The van der Waals surface area contributed by atoms with Crippen LogP contribution in [-0.4, -0.2) is 21.8 Å². The highest BCUT2D eigenvalue weighted by Gasteiger charge is 2.34. The standard InChI is InChI=1S/C21H16Cl3N5O3/c1-9-2-4-11(7-13(9)23)25-19(31)12-8-16(30)27-18-17(12)20(32)29-21(28-18)26-15-5-3-10(22)6-14(15)24/h2-7,12H,8H2,1H3,(H,25,31)(H3,26,27,28,29,30,32)/t12-/m1/s1. The molecule has 1 aromatic heterocycles. The molecule has 4 rings (SSSR count). The van der Waals surface area contributed by atoms with Crippen LogP contribution in [0.25, 0.3) is 0 Å². The maximum Gasteiger partial charge on any atom is 0.258 e. The number of H-pyrrole nitrogens is 1. The Labute approximate surface area is 197 Å². The molecule has 0 saturated carbocycles. The summed E-state index contributed by atoms with van der Waals surface area (Å²) in [6.07, 6.45) is -0.195. The van der Waals surface area contributed by atoms with Crippen LogP contribution in [0.5, 0.6) is 0 Å². The highest BCUT2D eigenvalue weighted by atomic mass is 35.5. The fraction of sp³-hybridized carbons (Fsp3) is 0.143. The first-order valence-corrected chi connectivity index (χ1v) is 10.6. The molecule has 1 aliphatic heterocycles. The Hall–Kier alpha value is -3.07. The molecule has 0 aliphatic carbocycles. The number of aromatic nitrogens is 2. The third-order valence-electron chi connectivity index (χ3n) is 4.89. The summed E-state index contributed by atoms with van der Waals surface area (Å²) in [5.41, 5.74) is 1.26. The number of fused-ring (bicyclic) bond motifs is 1. The van der Waals surface area contributed by atoms with Gasteiger partial charge in [-0.2, -0.15) is 4.98 Å². The van der Waals surface area contributed by atoms with E-state index in [9.17, 15) is 14.4 Å². The quantitative estimate of drug-likeness (QED) is 0.416. The number of carbonyl (C=O) groups excluding carboxylic acids is 2. The molecule has 1 atom stereocenters. The lowest BCUT2D eigenvalue weighted by molar-refractivity contribution is -0.123. The number of carbonyl (C=O) groups is 2. The molecular formula is C21H16Cl3N5O3. The summed E-state index contributed by atoms with van der Waals surface area (Å²) in [6, 6.07) is 9.81. The molecule has 1 aliphatic rings. The lowest BCUT2D eigenvalue weighted by Crippen LogP contribution is -2.36. The molecule has 2 amide bonds. The van der Waals surface area contributed by atoms with Crippen molar-refractivity contribution in [3.05, 3.63) is 72.9 Å². The number of nitrogens with zero attached hydrogens (tertiary/aromatic N) is 1. The molecule has 0 unspecified atom stereocenters. The Morgan fingerprint density at radius 3 is 2.59 bits per heavy atom. The van der Waals surface area contributed by atoms with E-state index in [0.717, 1.165) is 5.56 Å². The van der Waals surface area contributed by atoms with Gasteiger partial charge in [-0.05, 0) is 42.8 Å². The van der Waals surface area contributed by atoms with Crippen molar-refractivity contribution in [3.8, 4) is 0 Å². The number of rotatable bonds is 4. The van der Waals surface area contributed by atoms with E-state index in [-0.39, 0.29) is 23.8 Å². The zero-order valence-corrected chi connectivity index (χ0v) is 18.8. The van der Waals surface area contributed by atoms with Crippen molar-refractivity contribution < 1.29 is 9.59 Å². The Morgan fingerprint density at radius 2 is 1.88 bits per heavy atom. The second kappa shape index (κ2) is 8.82. The highest BCUT2D eigenvalue weighted by molar-refractivity contribution is 6.36. The van der Waals surface area contributed by atoms with Gasteiger partial charge < -0.3 is 16.0 Å². The van der Waals surface area contributed by atoms with Crippen LogP contribution in [0.2, 0.25) is 15.1 Å². The lowest BCUT2D eigenvalue weighted by Gasteiger charge is -2.23. The van der Waals surface area contributed by atoms with Crippen LogP contribution in [0.4, 0.5) is 23.1 Å². The summed E-state index contributed by atoms with van der Waals surface area (Å²) < 4.78 is 0. The van der Waals surface area contributed by atoms with Gasteiger partial charge in [0.2, 0.25) is 17.8 Å². The first kappa shape index (κ1) is 22.1. The number of hydrogen-bond donors (Lipinski definition) is 4. The average molecular weight is 493 g/mol. The zero-order valence-electron chi connectivity index (χ0n) is 16.6. The van der Waals surface area contributed by atoms with E-state index >= 15 is 0 Å². The van der Waals surface area contributed by atoms with Gasteiger partial charge in [-0.1, -0.05) is 40.9 Å². The normalized spacial score (nSPS) is 15.0. The lowest BCUT2D eigenvalue weighted by atomic mass is 9.92. The molecule has 0 saturated heterocycles. The van der Waals surface area contributed by atoms with E-state index in [4.69, 9.17) is 34.8 Å². The summed E-state index contributed by atoms with van der Waals surface area (Å²) in [5, 5.41) is 9.38. The van der Waals surface area contributed by atoms with Gasteiger partial charge in [-0.25, -0.2) is 0 Å². The van der Waals surface area contributed by atoms with Crippen molar-refractivity contribution >= 4 is 69.8 Å². The summed E-state index contributed by atoms with van der Waals surface area (Å²) in [4.78, 5) is 44.8. The van der Waals surface area contributed by atoms with E-state index in [0.29, 0.717) is 26.4 Å². The van der Waals surface area contributed by atoms with E-state index in [1.54, 1.807) is 30.3 Å². The van der Waals surface area contributed by atoms with Gasteiger partial charge in [0, 0.05) is 22.2 Å². The maximum atomic E-state index is 12.9. The predicted molar refractivity (Wildman–Crippen MR) is 125 cm³/mol. The van der Waals surface area contributed by atoms with Gasteiger partial charge >= 0.3 is 0 Å². The van der Waals surface area contributed by atoms with Gasteiger partial charge in [0.05, 0.1) is 22.2 Å². The van der Waals surface area contributed by atoms with Crippen molar-refractivity contribution in [1.29, 1.82) is 0 Å². The molecule has 0 fully saturated rings. The minimum absolute atomic E-state index is 0.000301. The number of aryl methyl sites for hydroxylation is 1. The third-order valence-corrected chi connectivity index (χ3v) is 5.85. The van der Waals surface area contributed by atoms with E-state index in [1.807, 2.05) is 6.92 Å². The van der Waals surface area contributed by atoms with E-state index < -0.39 is 23.3 Å². The zero-order chi connectivity index (χ0) is 23.0. The molecule has 8 nitrogen and oxygen atoms in total. The summed E-state index contributed by atoms with van der Waals surface area (Å²) in [5.74, 6) is -1.93. The SMILES string of the molecule is Cc1ccc(NC(=O)[C@@H]2CC(=O)Nc3nc(Nc4ccc(Cl)cc4Cl)[nH]c(=O)c32)cc1Cl.